The number of ether oxygens (including phenoxy) is 1. The number of rotatable bonds is 6. The number of nitrogens with one attached hydrogen (secondary N) is 1. The van der Waals surface area contributed by atoms with E-state index < -0.39 is 16.0 Å². The van der Waals surface area contributed by atoms with Gasteiger partial charge in [0.2, 0.25) is 0 Å². The third-order valence-electron chi connectivity index (χ3n) is 3.96. The van der Waals surface area contributed by atoms with Gasteiger partial charge in [-0.25, -0.2) is 13.2 Å². The second-order valence-electron chi connectivity index (χ2n) is 5.82. The Kier molecular flexibility index (Phi) is 5.33. The molecule has 0 atom stereocenters. The molecule has 0 spiro atoms. The third kappa shape index (κ3) is 3.88. The van der Waals surface area contributed by atoms with E-state index in [9.17, 15) is 18.0 Å². The fraction of sp³-hybridized carbons (Fsp3) is 0.222. The molecular weight excluding hydrogens is 388 g/mol. The maximum absolute atomic E-state index is 12.7. The van der Waals surface area contributed by atoms with E-state index in [1.54, 1.807) is 10.6 Å². The number of methoxy groups -OCH3 is 1. The highest BCUT2D eigenvalue weighted by molar-refractivity contribution is 7.92. The van der Waals surface area contributed by atoms with Gasteiger partial charge in [0.25, 0.3) is 10.0 Å². The van der Waals surface area contributed by atoms with Crippen molar-refractivity contribution < 1.29 is 17.9 Å². The highest BCUT2D eigenvalue weighted by Crippen LogP contribution is 2.24. The van der Waals surface area contributed by atoms with Crippen LogP contribution >= 0.6 is 11.3 Å². The molecule has 0 radical (unpaired) electrons. The Labute approximate surface area is 160 Å². The Morgan fingerprint density at radius 3 is 2.52 bits per heavy atom. The summed E-state index contributed by atoms with van der Waals surface area (Å²) in [6.45, 7) is 2.57. The van der Waals surface area contributed by atoms with Crippen LogP contribution < -0.4 is 9.60 Å². The first kappa shape index (κ1) is 19.1. The lowest BCUT2D eigenvalue weighted by atomic mass is 10.2. The van der Waals surface area contributed by atoms with Gasteiger partial charge in [0.1, 0.15) is 0 Å². The van der Waals surface area contributed by atoms with Crippen LogP contribution in [-0.4, -0.2) is 26.1 Å². The molecule has 0 aliphatic heterocycles. The summed E-state index contributed by atoms with van der Waals surface area (Å²) in [4.78, 5) is 23.5. The van der Waals surface area contributed by atoms with Crippen molar-refractivity contribution in [3.63, 3.8) is 0 Å². The van der Waals surface area contributed by atoms with Crippen molar-refractivity contribution >= 4 is 43.2 Å². The lowest BCUT2D eigenvalue weighted by Crippen LogP contribution is -2.13. The zero-order valence-electron chi connectivity index (χ0n) is 14.8. The van der Waals surface area contributed by atoms with Crippen LogP contribution in [0.4, 0.5) is 5.69 Å². The smallest absolute Gasteiger partial charge is 0.337 e. The number of thiazole rings is 1. The van der Waals surface area contributed by atoms with Crippen molar-refractivity contribution in [2.45, 2.75) is 24.8 Å². The van der Waals surface area contributed by atoms with Gasteiger partial charge in [0.05, 0.1) is 27.8 Å². The van der Waals surface area contributed by atoms with Crippen LogP contribution in [-0.2, 0) is 21.3 Å². The number of hydrogen-bond donors (Lipinski definition) is 1. The first-order valence-electron chi connectivity index (χ1n) is 8.20. The minimum absolute atomic E-state index is 0.0666. The summed E-state index contributed by atoms with van der Waals surface area (Å²) in [5, 5.41) is 0. The number of aromatic nitrogens is 1. The zero-order valence-corrected chi connectivity index (χ0v) is 16.4. The molecule has 3 rings (SSSR count). The number of nitrogens with zero attached hydrogens (tertiary/aromatic N) is 1. The highest BCUT2D eigenvalue weighted by atomic mass is 32.2. The van der Waals surface area contributed by atoms with E-state index >= 15 is 0 Å². The molecule has 0 bridgehead atoms. The monoisotopic (exact) mass is 406 g/mol. The van der Waals surface area contributed by atoms with E-state index in [0.29, 0.717) is 22.5 Å². The Bertz CT molecular complexity index is 1140. The molecule has 0 fully saturated rings. The molecule has 1 heterocycles. The maximum atomic E-state index is 12.7. The molecule has 1 aromatic heterocycles. The Balaban J connectivity index is 1.90. The molecule has 2 aromatic carbocycles. The molecule has 0 saturated heterocycles. The van der Waals surface area contributed by atoms with Gasteiger partial charge in [0, 0.05) is 12.2 Å². The number of carbonyl (C=O) groups is 1. The third-order valence-corrected chi connectivity index (χ3v) is 6.28. The summed E-state index contributed by atoms with van der Waals surface area (Å²) in [6.07, 6.45) is 0.814. The molecule has 1 N–H and O–H groups in total. The van der Waals surface area contributed by atoms with Crippen LogP contribution in [0, 0.1) is 0 Å². The molecular formula is C18H18N2O5S2. The average molecular weight is 406 g/mol. The largest absolute Gasteiger partial charge is 0.465 e. The highest BCUT2D eigenvalue weighted by Gasteiger charge is 2.17. The molecule has 3 aromatic rings. The van der Waals surface area contributed by atoms with E-state index in [4.69, 9.17) is 0 Å². The topological polar surface area (TPSA) is 94.5 Å². The second-order valence-corrected chi connectivity index (χ2v) is 8.50. The van der Waals surface area contributed by atoms with Crippen LogP contribution in [0.3, 0.4) is 0 Å². The molecule has 0 aliphatic carbocycles. The lowest BCUT2D eigenvalue weighted by molar-refractivity contribution is 0.0601. The Hall–Kier alpha value is -2.65. The van der Waals surface area contributed by atoms with Crippen molar-refractivity contribution in [3.8, 4) is 0 Å². The van der Waals surface area contributed by atoms with Crippen molar-refractivity contribution in [3.05, 3.63) is 57.7 Å². The van der Waals surface area contributed by atoms with E-state index in [0.717, 1.165) is 23.3 Å². The number of carbonyl (C=O) groups excluding carboxylic acids is 1. The number of esters is 1. The van der Waals surface area contributed by atoms with Gasteiger partial charge in [-0.15, -0.1) is 0 Å². The minimum Gasteiger partial charge on any atom is -0.465 e. The number of benzene rings is 2. The van der Waals surface area contributed by atoms with E-state index in [1.807, 2.05) is 6.92 Å². The standard InChI is InChI=1S/C18H18N2O5S2/c1-3-10-20-15-9-8-14(11-16(15)26-18(20)22)27(23,24)19-13-6-4-12(5-7-13)17(21)25-2/h4-9,11,19H,3,10H2,1-2H3. The summed E-state index contributed by atoms with van der Waals surface area (Å²) in [6, 6.07) is 10.5. The molecule has 0 aliphatic rings. The Morgan fingerprint density at radius 1 is 1.19 bits per heavy atom. The second kappa shape index (κ2) is 7.53. The number of anilines is 1. The number of aryl methyl sites for hydroxylation is 1. The predicted molar refractivity (Wildman–Crippen MR) is 105 cm³/mol. The minimum atomic E-state index is -3.83. The molecule has 7 nitrogen and oxygen atoms in total. The number of sulfonamides is 1. The van der Waals surface area contributed by atoms with E-state index in [2.05, 4.69) is 9.46 Å². The summed E-state index contributed by atoms with van der Waals surface area (Å²) in [7, 11) is -2.56. The van der Waals surface area contributed by atoms with Crippen LogP contribution in [0.5, 0.6) is 0 Å². The summed E-state index contributed by atoms with van der Waals surface area (Å²) in [5.74, 6) is -0.499. The van der Waals surface area contributed by atoms with Crippen molar-refractivity contribution in [2.75, 3.05) is 11.8 Å². The lowest BCUT2D eigenvalue weighted by Gasteiger charge is -2.09. The summed E-state index contributed by atoms with van der Waals surface area (Å²) >= 11 is 1.03. The molecule has 0 saturated carbocycles. The van der Waals surface area contributed by atoms with Crippen molar-refractivity contribution in [1.29, 1.82) is 0 Å². The van der Waals surface area contributed by atoms with E-state index in [1.165, 1.54) is 43.5 Å². The molecule has 27 heavy (non-hydrogen) atoms. The van der Waals surface area contributed by atoms with Gasteiger partial charge in [-0.1, -0.05) is 18.3 Å². The first-order valence-corrected chi connectivity index (χ1v) is 10.5. The molecule has 0 amide bonds. The van der Waals surface area contributed by atoms with Crippen LogP contribution in [0.1, 0.15) is 23.7 Å². The first-order chi connectivity index (χ1) is 12.9. The Morgan fingerprint density at radius 2 is 1.89 bits per heavy atom. The van der Waals surface area contributed by atoms with Crippen LogP contribution in [0.2, 0.25) is 0 Å². The summed E-state index contributed by atoms with van der Waals surface area (Å²) in [5.41, 5.74) is 1.37. The normalized spacial score (nSPS) is 11.5. The molecule has 0 unspecified atom stereocenters. The van der Waals surface area contributed by atoms with Gasteiger partial charge >= 0.3 is 10.8 Å². The average Bonchev–Trinajstić information content (AvgIpc) is 2.96. The number of fused-ring (bicyclic) bond motifs is 1. The fourth-order valence-electron chi connectivity index (χ4n) is 2.66. The van der Waals surface area contributed by atoms with Gasteiger partial charge in [-0.05, 0) is 48.9 Å². The van der Waals surface area contributed by atoms with E-state index in [-0.39, 0.29) is 9.77 Å². The van der Waals surface area contributed by atoms with Crippen molar-refractivity contribution in [1.82, 2.24) is 4.57 Å². The van der Waals surface area contributed by atoms with Crippen LogP contribution in [0.25, 0.3) is 10.2 Å². The van der Waals surface area contributed by atoms with Gasteiger partial charge < -0.3 is 4.74 Å². The zero-order chi connectivity index (χ0) is 19.6. The van der Waals surface area contributed by atoms with Gasteiger partial charge in [-0.2, -0.15) is 0 Å². The quantitative estimate of drug-likeness (QED) is 0.635. The maximum Gasteiger partial charge on any atom is 0.337 e. The molecule has 142 valence electrons. The van der Waals surface area contributed by atoms with Crippen molar-refractivity contribution in [2.24, 2.45) is 0 Å². The van der Waals surface area contributed by atoms with Gasteiger partial charge in [0.15, 0.2) is 0 Å². The number of hydrogen-bond acceptors (Lipinski definition) is 6. The summed E-state index contributed by atoms with van der Waals surface area (Å²) < 4.78 is 34.7. The predicted octanol–water partition coefficient (Wildman–Crippen LogP) is 3.06. The van der Waals surface area contributed by atoms with Crippen LogP contribution in [0.15, 0.2) is 52.2 Å². The molecule has 9 heteroatoms. The fourth-order valence-corrected chi connectivity index (χ4v) is 4.77. The van der Waals surface area contributed by atoms with Gasteiger partial charge in [-0.3, -0.25) is 14.1 Å². The SMILES string of the molecule is CCCn1c(=O)sc2cc(S(=O)(=O)Nc3ccc(C(=O)OC)cc3)ccc21.